The molecule has 3 N–H and O–H groups in total. The number of aryl methyl sites for hydroxylation is 1. The number of nitrogens with zero attached hydrogens (tertiary/aromatic N) is 2. The molecule has 0 bridgehead atoms. The molecule has 4 rings (SSSR count). The summed E-state index contributed by atoms with van der Waals surface area (Å²) >= 11 is 1.62. The van der Waals surface area contributed by atoms with Gasteiger partial charge in [-0.2, -0.15) is 0 Å². The molecule has 0 aliphatic carbocycles. The third-order valence-corrected chi connectivity index (χ3v) is 5.71. The Morgan fingerprint density at radius 1 is 1.52 bits per heavy atom. The zero-order valence-electron chi connectivity index (χ0n) is 15.0. The summed E-state index contributed by atoms with van der Waals surface area (Å²) in [6.45, 7) is 3.28. The molecule has 0 fully saturated rings. The highest BCUT2D eigenvalue weighted by Gasteiger charge is 2.30. The Labute approximate surface area is 160 Å². The van der Waals surface area contributed by atoms with E-state index in [-0.39, 0.29) is 6.61 Å². The molecule has 7 nitrogen and oxygen atoms in total. The molecule has 0 radical (unpaired) electrons. The van der Waals surface area contributed by atoms with E-state index in [4.69, 9.17) is 14.9 Å². The summed E-state index contributed by atoms with van der Waals surface area (Å²) in [5.74, 6) is 1.15. The van der Waals surface area contributed by atoms with Crippen molar-refractivity contribution in [3.8, 4) is 5.75 Å². The molecule has 3 heterocycles. The zero-order chi connectivity index (χ0) is 19.0. The smallest absolute Gasteiger partial charge is 0.237 e. The number of primary amides is 1. The number of aliphatic hydroxyl groups is 1. The standard InChI is InChI=1S/C19H21N3O4S/c1-11-21-7-13(27-11)10-25-12-2-3-17-14(6-12)15-8-22(5-4-18(15)26-17)16(9-23)19(20)24/h2-3,6-7,16,23H,4-5,8-10H2,1H3,(H2,20,24)/t16-/m0/s1. The number of rotatable bonds is 6. The predicted octanol–water partition coefficient (Wildman–Crippen LogP) is 1.98. The second-order valence-corrected chi connectivity index (χ2v) is 7.94. The number of thiazole rings is 1. The van der Waals surface area contributed by atoms with E-state index in [1.165, 1.54) is 0 Å². The van der Waals surface area contributed by atoms with Gasteiger partial charge in [-0.05, 0) is 25.1 Å². The number of carbonyl (C=O) groups is 1. The topological polar surface area (TPSA) is 102 Å². The summed E-state index contributed by atoms with van der Waals surface area (Å²) in [6.07, 6.45) is 2.50. The number of ether oxygens (including phenoxy) is 1. The van der Waals surface area contributed by atoms with Crippen LogP contribution in [0.15, 0.2) is 28.8 Å². The maximum absolute atomic E-state index is 11.6. The predicted molar refractivity (Wildman–Crippen MR) is 102 cm³/mol. The fourth-order valence-corrected chi connectivity index (χ4v) is 4.16. The molecule has 0 unspecified atom stereocenters. The third-order valence-electron chi connectivity index (χ3n) is 4.83. The zero-order valence-corrected chi connectivity index (χ0v) is 15.8. The van der Waals surface area contributed by atoms with Crippen LogP contribution >= 0.6 is 11.3 Å². The number of carbonyl (C=O) groups excluding carboxylic acids is 1. The summed E-state index contributed by atoms with van der Waals surface area (Å²) in [5, 5.41) is 11.5. The van der Waals surface area contributed by atoms with Gasteiger partial charge in [0.25, 0.3) is 0 Å². The van der Waals surface area contributed by atoms with Crippen molar-refractivity contribution in [2.45, 2.75) is 32.5 Å². The fraction of sp³-hybridized carbons (Fsp3) is 0.368. The number of nitrogens with two attached hydrogens (primary N) is 1. The molecule has 142 valence electrons. The Hall–Kier alpha value is -2.42. The number of hydrogen-bond donors (Lipinski definition) is 2. The first kappa shape index (κ1) is 18.0. The number of benzene rings is 1. The van der Waals surface area contributed by atoms with Crippen LogP contribution in [0.1, 0.15) is 21.2 Å². The first-order valence-corrected chi connectivity index (χ1v) is 9.59. The summed E-state index contributed by atoms with van der Waals surface area (Å²) in [7, 11) is 0. The van der Waals surface area contributed by atoms with E-state index in [2.05, 4.69) is 4.98 Å². The van der Waals surface area contributed by atoms with Crippen LogP contribution in [0.3, 0.4) is 0 Å². The van der Waals surface area contributed by atoms with Crippen LogP contribution in [0.25, 0.3) is 11.0 Å². The normalized spacial score (nSPS) is 15.6. The molecule has 2 aromatic heterocycles. The van der Waals surface area contributed by atoms with Crippen LogP contribution in [0.2, 0.25) is 0 Å². The van der Waals surface area contributed by atoms with Gasteiger partial charge < -0.3 is 20.0 Å². The molecule has 27 heavy (non-hydrogen) atoms. The minimum absolute atomic E-state index is 0.289. The molecule has 1 amide bonds. The van der Waals surface area contributed by atoms with Crippen molar-refractivity contribution in [1.29, 1.82) is 0 Å². The van der Waals surface area contributed by atoms with E-state index < -0.39 is 11.9 Å². The van der Waals surface area contributed by atoms with Crippen LogP contribution < -0.4 is 10.5 Å². The molecule has 0 saturated carbocycles. The number of aliphatic hydroxyl groups excluding tert-OH is 1. The minimum atomic E-state index is -0.683. The Morgan fingerprint density at radius 3 is 3.07 bits per heavy atom. The van der Waals surface area contributed by atoms with E-state index in [1.54, 1.807) is 11.3 Å². The van der Waals surface area contributed by atoms with Crippen LogP contribution in [-0.4, -0.2) is 40.1 Å². The number of fused-ring (bicyclic) bond motifs is 3. The molecule has 1 atom stereocenters. The summed E-state index contributed by atoms with van der Waals surface area (Å²) < 4.78 is 11.9. The van der Waals surface area contributed by atoms with Crippen molar-refractivity contribution in [2.24, 2.45) is 5.73 Å². The lowest BCUT2D eigenvalue weighted by Crippen LogP contribution is -2.48. The summed E-state index contributed by atoms with van der Waals surface area (Å²) in [5.41, 5.74) is 7.24. The fourth-order valence-electron chi connectivity index (χ4n) is 3.45. The quantitative estimate of drug-likeness (QED) is 0.671. The van der Waals surface area contributed by atoms with Crippen molar-refractivity contribution < 1.29 is 19.1 Å². The van der Waals surface area contributed by atoms with Gasteiger partial charge in [0.2, 0.25) is 5.91 Å². The highest BCUT2D eigenvalue weighted by molar-refractivity contribution is 7.11. The third kappa shape index (κ3) is 3.55. The Morgan fingerprint density at radius 2 is 2.37 bits per heavy atom. The van der Waals surface area contributed by atoms with E-state index in [1.807, 2.05) is 36.2 Å². The van der Waals surface area contributed by atoms with E-state index in [0.717, 1.165) is 37.9 Å². The molecule has 1 aliphatic heterocycles. The first-order chi connectivity index (χ1) is 13.0. The van der Waals surface area contributed by atoms with Crippen LogP contribution in [0, 0.1) is 6.92 Å². The van der Waals surface area contributed by atoms with Crippen molar-refractivity contribution in [3.05, 3.63) is 45.6 Å². The first-order valence-electron chi connectivity index (χ1n) is 8.78. The molecule has 0 spiro atoms. The molecule has 3 aromatic rings. The maximum atomic E-state index is 11.6. The van der Waals surface area contributed by atoms with Crippen LogP contribution in [0.5, 0.6) is 5.75 Å². The number of furan rings is 1. The SMILES string of the molecule is Cc1ncc(COc2ccc3oc4c(c3c2)CN([C@@H](CO)C(N)=O)CC4)s1. The second kappa shape index (κ2) is 7.30. The van der Waals surface area contributed by atoms with Crippen molar-refractivity contribution in [1.82, 2.24) is 9.88 Å². The van der Waals surface area contributed by atoms with E-state index in [9.17, 15) is 9.90 Å². The van der Waals surface area contributed by atoms with Gasteiger partial charge in [0.05, 0.1) is 16.5 Å². The van der Waals surface area contributed by atoms with Crippen molar-refractivity contribution in [3.63, 3.8) is 0 Å². The average molecular weight is 387 g/mol. The average Bonchev–Trinajstić information content (AvgIpc) is 3.23. The summed E-state index contributed by atoms with van der Waals surface area (Å²) in [6, 6.07) is 5.08. The van der Waals surface area contributed by atoms with Gasteiger partial charge >= 0.3 is 0 Å². The van der Waals surface area contributed by atoms with Crippen LogP contribution in [0.4, 0.5) is 0 Å². The molecule has 1 aromatic carbocycles. The lowest BCUT2D eigenvalue weighted by atomic mass is 10.0. The van der Waals surface area contributed by atoms with Gasteiger partial charge in [0, 0.05) is 36.7 Å². The highest BCUT2D eigenvalue weighted by atomic mass is 32.1. The largest absolute Gasteiger partial charge is 0.488 e. The molecule has 0 saturated heterocycles. The van der Waals surface area contributed by atoms with Crippen molar-refractivity contribution in [2.75, 3.05) is 13.2 Å². The maximum Gasteiger partial charge on any atom is 0.237 e. The molecular formula is C19H21N3O4S. The Kier molecular flexibility index (Phi) is 4.86. The molecular weight excluding hydrogens is 366 g/mol. The van der Waals surface area contributed by atoms with Crippen molar-refractivity contribution >= 4 is 28.2 Å². The van der Waals surface area contributed by atoms with Gasteiger partial charge in [-0.15, -0.1) is 11.3 Å². The number of hydrogen-bond acceptors (Lipinski definition) is 7. The number of aromatic nitrogens is 1. The second-order valence-electron chi connectivity index (χ2n) is 6.62. The van der Waals surface area contributed by atoms with Gasteiger partial charge in [-0.1, -0.05) is 0 Å². The molecule has 1 aliphatic rings. The van der Waals surface area contributed by atoms with Gasteiger partial charge in [0.15, 0.2) is 0 Å². The summed E-state index contributed by atoms with van der Waals surface area (Å²) in [4.78, 5) is 18.8. The van der Waals surface area contributed by atoms with Gasteiger partial charge in [0.1, 0.15) is 29.7 Å². The lowest BCUT2D eigenvalue weighted by molar-refractivity contribution is -0.125. The number of amides is 1. The van der Waals surface area contributed by atoms with E-state index in [0.29, 0.717) is 26.1 Å². The minimum Gasteiger partial charge on any atom is -0.488 e. The Balaban J connectivity index is 1.58. The van der Waals surface area contributed by atoms with E-state index >= 15 is 0 Å². The molecule has 8 heteroatoms. The highest BCUT2D eigenvalue weighted by Crippen LogP contribution is 2.33. The van der Waals surface area contributed by atoms with Gasteiger partial charge in [-0.3, -0.25) is 9.69 Å². The van der Waals surface area contributed by atoms with Crippen LogP contribution in [-0.2, 0) is 24.4 Å². The Bertz CT molecular complexity index is 981. The van der Waals surface area contributed by atoms with Gasteiger partial charge in [-0.25, -0.2) is 4.98 Å². The lowest BCUT2D eigenvalue weighted by Gasteiger charge is -2.31. The monoisotopic (exact) mass is 387 g/mol.